The first-order valence-corrected chi connectivity index (χ1v) is 4.91. The van der Waals surface area contributed by atoms with Crippen molar-refractivity contribution in [2.45, 2.75) is 6.29 Å². The summed E-state index contributed by atoms with van der Waals surface area (Å²) in [7, 11) is 0. The molecule has 1 amide bonds. The Morgan fingerprint density at radius 1 is 1.40 bits per heavy atom. The molecule has 1 saturated heterocycles. The molecule has 0 bridgehead atoms. The van der Waals surface area contributed by atoms with Gasteiger partial charge in [0.25, 0.3) is 5.91 Å². The van der Waals surface area contributed by atoms with E-state index in [4.69, 9.17) is 4.74 Å². The minimum atomic E-state index is -0.855. The highest BCUT2D eigenvalue weighted by Gasteiger charge is 2.22. The summed E-state index contributed by atoms with van der Waals surface area (Å²) in [6.45, 7) is 1.16. The molecular weight excluding hydrogens is 194 g/mol. The summed E-state index contributed by atoms with van der Waals surface area (Å²) in [4.78, 5) is 13.5. The van der Waals surface area contributed by atoms with Crippen LogP contribution in [0.1, 0.15) is 10.4 Å². The molecule has 1 aliphatic heterocycles. The number of aliphatic hydroxyl groups is 1. The third-order valence-corrected chi connectivity index (χ3v) is 2.36. The lowest BCUT2D eigenvalue weighted by Gasteiger charge is -2.30. The van der Waals surface area contributed by atoms with E-state index in [1.54, 1.807) is 17.0 Å². The summed E-state index contributed by atoms with van der Waals surface area (Å²) in [5, 5.41) is 9.26. The summed E-state index contributed by atoms with van der Waals surface area (Å²) in [6, 6.07) is 9.05. The summed E-state index contributed by atoms with van der Waals surface area (Å²) in [5.41, 5.74) is 0.645. The van der Waals surface area contributed by atoms with Crippen molar-refractivity contribution in [3.05, 3.63) is 35.9 Å². The van der Waals surface area contributed by atoms with E-state index < -0.39 is 6.29 Å². The summed E-state index contributed by atoms with van der Waals surface area (Å²) < 4.78 is 4.96. The molecule has 0 radical (unpaired) electrons. The van der Waals surface area contributed by atoms with Crippen molar-refractivity contribution in [3.8, 4) is 0 Å². The number of hydrogen-bond acceptors (Lipinski definition) is 3. The number of benzene rings is 1. The molecule has 4 nitrogen and oxygen atoms in total. The van der Waals surface area contributed by atoms with Crippen LogP contribution in [0.5, 0.6) is 0 Å². The highest BCUT2D eigenvalue weighted by Crippen LogP contribution is 2.08. The molecule has 1 N–H and O–H groups in total. The van der Waals surface area contributed by atoms with E-state index in [0.717, 1.165) is 0 Å². The number of amides is 1. The number of ether oxygens (including phenoxy) is 1. The first-order valence-electron chi connectivity index (χ1n) is 4.91. The van der Waals surface area contributed by atoms with Gasteiger partial charge in [0.1, 0.15) is 0 Å². The van der Waals surface area contributed by atoms with Crippen LogP contribution >= 0.6 is 0 Å². The van der Waals surface area contributed by atoms with Gasteiger partial charge in [-0.3, -0.25) is 4.79 Å². The maximum Gasteiger partial charge on any atom is 0.254 e. The molecular formula is C11H13NO3. The van der Waals surface area contributed by atoms with Gasteiger partial charge in [-0.2, -0.15) is 0 Å². The van der Waals surface area contributed by atoms with E-state index in [0.29, 0.717) is 18.7 Å². The SMILES string of the molecule is O=C(c1ccccc1)N1CCOC(O)C1. The van der Waals surface area contributed by atoms with E-state index in [1.165, 1.54) is 0 Å². The lowest BCUT2D eigenvalue weighted by Crippen LogP contribution is -2.45. The maximum atomic E-state index is 11.9. The van der Waals surface area contributed by atoms with Crippen molar-refractivity contribution in [2.75, 3.05) is 19.7 Å². The Balaban J connectivity index is 2.08. The van der Waals surface area contributed by atoms with E-state index in [2.05, 4.69) is 0 Å². The predicted octanol–water partition coefficient (Wildman–Crippen LogP) is 0.477. The van der Waals surface area contributed by atoms with E-state index >= 15 is 0 Å². The fraction of sp³-hybridized carbons (Fsp3) is 0.364. The second-order valence-electron chi connectivity index (χ2n) is 3.44. The number of carbonyl (C=O) groups excluding carboxylic acids is 1. The molecule has 0 aliphatic carbocycles. The van der Waals surface area contributed by atoms with Crippen LogP contribution in [0.2, 0.25) is 0 Å². The number of β-amino-alcohol motifs (C(OH)–C–C–N with tert-alkyl or cyclic N) is 1. The van der Waals surface area contributed by atoms with Crippen molar-refractivity contribution in [1.29, 1.82) is 0 Å². The summed E-state index contributed by atoms with van der Waals surface area (Å²) in [6.07, 6.45) is -0.855. The number of carbonyl (C=O) groups is 1. The molecule has 0 aromatic heterocycles. The highest BCUT2D eigenvalue weighted by molar-refractivity contribution is 5.94. The van der Waals surface area contributed by atoms with Gasteiger partial charge >= 0.3 is 0 Å². The number of aliphatic hydroxyl groups excluding tert-OH is 1. The normalized spacial score (nSPS) is 21.4. The molecule has 1 aromatic rings. The average molecular weight is 207 g/mol. The van der Waals surface area contributed by atoms with Crippen LogP contribution in [0.3, 0.4) is 0 Å². The third kappa shape index (κ3) is 2.34. The molecule has 80 valence electrons. The molecule has 2 rings (SSSR count). The van der Waals surface area contributed by atoms with Crippen molar-refractivity contribution >= 4 is 5.91 Å². The summed E-state index contributed by atoms with van der Waals surface area (Å²) in [5.74, 6) is -0.0575. The van der Waals surface area contributed by atoms with Crippen LogP contribution in [-0.4, -0.2) is 41.9 Å². The zero-order valence-corrected chi connectivity index (χ0v) is 8.30. The van der Waals surface area contributed by atoms with Crippen molar-refractivity contribution in [1.82, 2.24) is 4.90 Å². The minimum Gasteiger partial charge on any atom is -0.366 e. The van der Waals surface area contributed by atoms with E-state index in [1.807, 2.05) is 18.2 Å². The fourth-order valence-corrected chi connectivity index (χ4v) is 1.58. The number of rotatable bonds is 1. The molecule has 1 unspecified atom stereocenters. The zero-order valence-electron chi connectivity index (χ0n) is 8.30. The van der Waals surface area contributed by atoms with Gasteiger partial charge in [0, 0.05) is 12.1 Å². The van der Waals surface area contributed by atoms with E-state index in [9.17, 15) is 9.90 Å². The second kappa shape index (κ2) is 4.42. The molecule has 1 fully saturated rings. The van der Waals surface area contributed by atoms with Crippen molar-refractivity contribution in [2.24, 2.45) is 0 Å². The Bertz CT molecular complexity index is 339. The first kappa shape index (κ1) is 10.1. The van der Waals surface area contributed by atoms with Gasteiger partial charge in [0.15, 0.2) is 6.29 Å². The van der Waals surface area contributed by atoms with Crippen LogP contribution in [0.25, 0.3) is 0 Å². The van der Waals surface area contributed by atoms with Gasteiger partial charge in [-0.15, -0.1) is 0 Å². The van der Waals surface area contributed by atoms with Crippen LogP contribution in [-0.2, 0) is 4.74 Å². The summed E-state index contributed by atoms with van der Waals surface area (Å²) >= 11 is 0. The lowest BCUT2D eigenvalue weighted by atomic mass is 10.2. The minimum absolute atomic E-state index is 0.0575. The molecule has 4 heteroatoms. The quantitative estimate of drug-likeness (QED) is 0.728. The van der Waals surface area contributed by atoms with Crippen LogP contribution in [0.4, 0.5) is 0 Å². The zero-order chi connectivity index (χ0) is 10.7. The molecule has 0 spiro atoms. The molecule has 15 heavy (non-hydrogen) atoms. The van der Waals surface area contributed by atoms with Gasteiger partial charge in [0.2, 0.25) is 0 Å². The number of morpholine rings is 1. The standard InChI is InChI=1S/C11H13NO3/c13-10-8-12(6-7-15-10)11(14)9-4-2-1-3-5-9/h1-5,10,13H,6-8H2. The number of hydrogen-bond donors (Lipinski definition) is 1. The topological polar surface area (TPSA) is 49.8 Å². The van der Waals surface area contributed by atoms with Crippen LogP contribution in [0.15, 0.2) is 30.3 Å². The smallest absolute Gasteiger partial charge is 0.254 e. The first-order chi connectivity index (χ1) is 7.27. The Morgan fingerprint density at radius 3 is 2.80 bits per heavy atom. The molecule has 1 heterocycles. The Labute approximate surface area is 88.1 Å². The number of nitrogens with zero attached hydrogens (tertiary/aromatic N) is 1. The van der Waals surface area contributed by atoms with Crippen LogP contribution < -0.4 is 0 Å². The molecule has 1 aliphatic rings. The predicted molar refractivity (Wildman–Crippen MR) is 54.3 cm³/mol. The van der Waals surface area contributed by atoms with Crippen molar-refractivity contribution in [3.63, 3.8) is 0 Å². The third-order valence-electron chi connectivity index (χ3n) is 2.36. The Morgan fingerprint density at radius 2 is 2.13 bits per heavy atom. The monoisotopic (exact) mass is 207 g/mol. The molecule has 1 atom stereocenters. The van der Waals surface area contributed by atoms with Gasteiger partial charge in [-0.25, -0.2) is 0 Å². The van der Waals surface area contributed by atoms with Gasteiger partial charge < -0.3 is 14.7 Å². The van der Waals surface area contributed by atoms with Crippen molar-refractivity contribution < 1.29 is 14.6 Å². The van der Waals surface area contributed by atoms with Gasteiger partial charge in [-0.1, -0.05) is 18.2 Å². The largest absolute Gasteiger partial charge is 0.366 e. The van der Waals surface area contributed by atoms with E-state index in [-0.39, 0.29) is 12.5 Å². The Kier molecular flexibility index (Phi) is 2.99. The van der Waals surface area contributed by atoms with Gasteiger partial charge in [0.05, 0.1) is 13.2 Å². The molecule has 1 aromatic carbocycles. The van der Waals surface area contributed by atoms with Crippen LogP contribution in [0, 0.1) is 0 Å². The lowest BCUT2D eigenvalue weighted by molar-refractivity contribution is -0.137. The molecule has 0 saturated carbocycles. The second-order valence-corrected chi connectivity index (χ2v) is 3.44. The highest BCUT2D eigenvalue weighted by atomic mass is 16.6. The Hall–Kier alpha value is -1.39. The fourth-order valence-electron chi connectivity index (χ4n) is 1.58. The average Bonchev–Trinajstić information content (AvgIpc) is 2.29. The van der Waals surface area contributed by atoms with Gasteiger partial charge in [-0.05, 0) is 12.1 Å². The maximum absolute atomic E-state index is 11.9.